The molecule has 67 heavy (non-hydrogen) atoms. The molecule has 2 heteroatoms. The Morgan fingerprint density at radius 3 is 1.66 bits per heavy atom. The monoisotopic (exact) mass is 852 g/mol. The topological polar surface area (TPSA) is 8.17 Å². The predicted molar refractivity (Wildman–Crippen MR) is 281 cm³/mol. The van der Waals surface area contributed by atoms with E-state index in [1.54, 1.807) is 0 Å². The summed E-state index contributed by atoms with van der Waals surface area (Å²) in [5, 5.41) is 4.86. The Labute approximate surface area is 390 Å². The molecule has 1 aliphatic rings. The second kappa shape index (κ2) is 15.8. The molecule has 0 fully saturated rings. The highest BCUT2D eigenvalue weighted by molar-refractivity contribution is 6.10. The lowest BCUT2D eigenvalue weighted by Gasteiger charge is -2.35. The third-order valence-electron chi connectivity index (χ3n) is 14.0. The predicted octanol–water partition coefficient (Wildman–Crippen LogP) is 17.1. The Balaban J connectivity index is 1.05. The van der Waals surface area contributed by atoms with E-state index in [0.717, 1.165) is 28.3 Å². The van der Waals surface area contributed by atoms with Gasteiger partial charge in [-0.25, -0.2) is 0 Å². The summed E-state index contributed by atoms with van der Waals surface area (Å²) in [6, 6.07) is 98.3. The minimum Gasteiger partial charge on any atom is -0.310 e. The molecular formula is C65H44N2. The molecule has 0 saturated heterocycles. The summed E-state index contributed by atoms with van der Waals surface area (Å²) in [6.45, 7) is 0. The summed E-state index contributed by atoms with van der Waals surface area (Å²) in [5.41, 5.74) is 18.5. The van der Waals surface area contributed by atoms with Crippen molar-refractivity contribution in [2.75, 3.05) is 4.90 Å². The number of fused-ring (bicyclic) bond motifs is 7. The van der Waals surface area contributed by atoms with Gasteiger partial charge in [0, 0.05) is 33.5 Å². The Kier molecular flexibility index (Phi) is 9.11. The van der Waals surface area contributed by atoms with Crippen molar-refractivity contribution in [1.82, 2.24) is 4.57 Å². The van der Waals surface area contributed by atoms with Gasteiger partial charge in [-0.1, -0.05) is 212 Å². The van der Waals surface area contributed by atoms with Gasteiger partial charge in [-0.15, -0.1) is 0 Å². The first-order valence-electron chi connectivity index (χ1n) is 23.2. The van der Waals surface area contributed by atoms with Crippen LogP contribution in [0.15, 0.2) is 267 Å². The number of nitrogens with zero attached hydrogens (tertiary/aromatic N) is 2. The Morgan fingerprint density at radius 2 is 0.851 bits per heavy atom. The number of para-hydroxylation sites is 1. The van der Waals surface area contributed by atoms with E-state index in [1.165, 1.54) is 82.7 Å². The minimum atomic E-state index is -0.576. The molecule has 13 rings (SSSR count). The Hall–Kier alpha value is -8.72. The van der Waals surface area contributed by atoms with E-state index in [0.29, 0.717) is 0 Å². The van der Waals surface area contributed by atoms with Gasteiger partial charge in [-0.05, 0) is 121 Å². The average molecular weight is 853 g/mol. The highest BCUT2D eigenvalue weighted by atomic mass is 15.1. The van der Waals surface area contributed by atoms with Crippen molar-refractivity contribution in [2.24, 2.45) is 0 Å². The van der Waals surface area contributed by atoms with E-state index in [9.17, 15) is 0 Å². The maximum absolute atomic E-state index is 2.48. The molecule has 11 aromatic carbocycles. The summed E-state index contributed by atoms with van der Waals surface area (Å²) >= 11 is 0. The van der Waals surface area contributed by atoms with E-state index < -0.39 is 5.41 Å². The minimum absolute atomic E-state index is 0.576. The molecule has 12 aromatic rings. The van der Waals surface area contributed by atoms with Crippen LogP contribution in [0.4, 0.5) is 17.1 Å². The van der Waals surface area contributed by atoms with E-state index in [1.807, 2.05) is 0 Å². The third-order valence-corrected chi connectivity index (χ3v) is 14.0. The molecule has 1 aromatic heterocycles. The smallest absolute Gasteiger partial charge is 0.0714 e. The fourth-order valence-corrected chi connectivity index (χ4v) is 11.0. The van der Waals surface area contributed by atoms with Crippen LogP contribution in [-0.2, 0) is 5.41 Å². The quantitative estimate of drug-likeness (QED) is 0.148. The summed E-state index contributed by atoms with van der Waals surface area (Å²) in [6.07, 6.45) is 0. The highest BCUT2D eigenvalue weighted by Crippen LogP contribution is 2.57. The van der Waals surface area contributed by atoms with Crippen molar-refractivity contribution < 1.29 is 0 Å². The maximum atomic E-state index is 2.48. The SMILES string of the molecule is c1ccc(-c2ccc(C3(c4ccccc4)c4ccccc4-c4ccc(N(c5ccc6ccccc6c5)c5ccc6c7ccccc7n(-c7cccc(-c8ccccc8)c7)c6c5)cc43)cc2)cc1. The van der Waals surface area contributed by atoms with Crippen LogP contribution in [0.2, 0.25) is 0 Å². The summed E-state index contributed by atoms with van der Waals surface area (Å²) in [4.78, 5) is 2.46. The number of hydrogen-bond donors (Lipinski definition) is 0. The third kappa shape index (κ3) is 6.26. The zero-order chi connectivity index (χ0) is 44.3. The molecule has 0 bridgehead atoms. The standard InChI is InChI=1S/C65H44N2/c1-4-17-45(18-5-1)48-31-34-52(35-32-48)65(51-24-8-3-9-25-51)61-29-14-12-27-57(61)58-39-37-55(43-62(58)65)66(54-36-33-47-21-10-11-22-49(47)42-54)56-38-40-60-59-28-13-15-30-63(59)67(64(60)44-56)53-26-16-23-50(41-53)46-19-6-2-7-20-46/h1-44H. The molecule has 0 saturated carbocycles. The number of hydrogen-bond acceptors (Lipinski definition) is 1. The normalized spacial score (nSPS) is 14.0. The number of aromatic nitrogens is 1. The van der Waals surface area contributed by atoms with Crippen LogP contribution in [0.5, 0.6) is 0 Å². The lowest BCUT2D eigenvalue weighted by molar-refractivity contribution is 0.768. The van der Waals surface area contributed by atoms with E-state index >= 15 is 0 Å². The van der Waals surface area contributed by atoms with Gasteiger partial charge < -0.3 is 9.47 Å². The summed E-state index contributed by atoms with van der Waals surface area (Å²) in [7, 11) is 0. The second-order valence-corrected chi connectivity index (χ2v) is 17.7. The molecule has 0 radical (unpaired) electrons. The molecule has 314 valence electrons. The molecule has 1 atom stereocenters. The molecule has 0 N–H and O–H groups in total. The lowest BCUT2D eigenvalue weighted by atomic mass is 9.67. The van der Waals surface area contributed by atoms with Gasteiger partial charge in [0.25, 0.3) is 0 Å². The van der Waals surface area contributed by atoms with Gasteiger partial charge in [0.15, 0.2) is 0 Å². The van der Waals surface area contributed by atoms with Gasteiger partial charge in [0.1, 0.15) is 0 Å². The van der Waals surface area contributed by atoms with Crippen LogP contribution in [0.1, 0.15) is 22.3 Å². The van der Waals surface area contributed by atoms with Crippen LogP contribution >= 0.6 is 0 Å². The molecule has 0 aliphatic heterocycles. The second-order valence-electron chi connectivity index (χ2n) is 17.7. The first-order chi connectivity index (χ1) is 33.2. The van der Waals surface area contributed by atoms with Crippen molar-refractivity contribution in [3.05, 3.63) is 289 Å². The number of anilines is 3. The van der Waals surface area contributed by atoms with E-state index in [-0.39, 0.29) is 0 Å². The lowest BCUT2D eigenvalue weighted by Crippen LogP contribution is -2.28. The van der Waals surface area contributed by atoms with Crippen LogP contribution < -0.4 is 4.90 Å². The number of rotatable bonds is 8. The summed E-state index contributed by atoms with van der Waals surface area (Å²) < 4.78 is 2.44. The molecule has 0 spiro atoms. The van der Waals surface area contributed by atoms with Crippen molar-refractivity contribution in [3.63, 3.8) is 0 Å². The molecule has 2 nitrogen and oxygen atoms in total. The van der Waals surface area contributed by atoms with Gasteiger partial charge in [-0.3, -0.25) is 0 Å². The molecular weight excluding hydrogens is 809 g/mol. The zero-order valence-corrected chi connectivity index (χ0v) is 36.8. The first-order valence-corrected chi connectivity index (χ1v) is 23.2. The number of benzene rings is 11. The van der Waals surface area contributed by atoms with Crippen molar-refractivity contribution >= 4 is 49.6 Å². The van der Waals surface area contributed by atoms with Crippen molar-refractivity contribution in [2.45, 2.75) is 5.41 Å². The average Bonchev–Trinajstić information content (AvgIpc) is 3.90. The van der Waals surface area contributed by atoms with Crippen LogP contribution in [0.3, 0.4) is 0 Å². The van der Waals surface area contributed by atoms with E-state index in [4.69, 9.17) is 0 Å². The van der Waals surface area contributed by atoms with Crippen LogP contribution in [0, 0.1) is 0 Å². The van der Waals surface area contributed by atoms with Gasteiger partial charge in [0.05, 0.1) is 16.4 Å². The molecule has 1 heterocycles. The maximum Gasteiger partial charge on any atom is 0.0714 e. The molecule has 1 unspecified atom stereocenters. The molecule has 1 aliphatic carbocycles. The van der Waals surface area contributed by atoms with Crippen LogP contribution in [-0.4, -0.2) is 4.57 Å². The van der Waals surface area contributed by atoms with Crippen molar-refractivity contribution in [1.29, 1.82) is 0 Å². The van der Waals surface area contributed by atoms with Gasteiger partial charge >= 0.3 is 0 Å². The van der Waals surface area contributed by atoms with Crippen LogP contribution in [0.25, 0.3) is 71.6 Å². The Bertz CT molecular complexity index is 3790. The Morgan fingerprint density at radius 1 is 0.299 bits per heavy atom. The highest BCUT2D eigenvalue weighted by Gasteiger charge is 2.46. The first kappa shape index (κ1) is 38.7. The van der Waals surface area contributed by atoms with Gasteiger partial charge in [0.2, 0.25) is 0 Å². The van der Waals surface area contributed by atoms with Gasteiger partial charge in [-0.2, -0.15) is 0 Å². The fourth-order valence-electron chi connectivity index (χ4n) is 11.0. The fraction of sp³-hybridized carbons (Fsp3) is 0.0154. The van der Waals surface area contributed by atoms with Crippen molar-refractivity contribution in [3.8, 4) is 39.1 Å². The zero-order valence-electron chi connectivity index (χ0n) is 36.8. The molecule has 0 amide bonds. The van der Waals surface area contributed by atoms with E-state index in [2.05, 4.69) is 276 Å². The summed E-state index contributed by atoms with van der Waals surface area (Å²) in [5.74, 6) is 0. The largest absolute Gasteiger partial charge is 0.310 e.